The second-order valence-corrected chi connectivity index (χ2v) is 6.92. The van der Waals surface area contributed by atoms with Crippen molar-refractivity contribution >= 4 is 0 Å². The van der Waals surface area contributed by atoms with Crippen molar-refractivity contribution in [2.45, 2.75) is 42.6 Å². The minimum atomic E-state index is -5.52. The van der Waals surface area contributed by atoms with Gasteiger partial charge in [0.15, 0.2) is 0 Å². The summed E-state index contributed by atoms with van der Waals surface area (Å²) in [6, 6.07) is -1.90. The molecule has 0 aromatic rings. The largest absolute Gasteiger partial charge is 0.374 e. The first-order valence-corrected chi connectivity index (χ1v) is 9.80. The summed E-state index contributed by atoms with van der Waals surface area (Å²) in [6.07, 6.45) is 0. The molecule has 1 unspecified atom stereocenters. The molecule has 8 nitrogen and oxygen atoms in total. The van der Waals surface area contributed by atoms with Gasteiger partial charge in [0.05, 0.1) is 25.7 Å². The first-order chi connectivity index (χ1) is 15.2. The van der Waals surface area contributed by atoms with E-state index in [0.717, 1.165) is 26.6 Å². The summed E-state index contributed by atoms with van der Waals surface area (Å²) in [5.41, 5.74) is 33.7. The van der Waals surface area contributed by atoms with Crippen LogP contribution in [0.2, 0.25) is 0 Å². The minimum Gasteiger partial charge on any atom is -0.329 e. The summed E-state index contributed by atoms with van der Waals surface area (Å²) in [6.45, 7) is 0.410. The molecule has 0 heterocycles. The Morgan fingerprint density at radius 1 is 0.559 bits per heavy atom. The third-order valence-corrected chi connectivity index (χ3v) is 4.08. The van der Waals surface area contributed by atoms with Crippen molar-refractivity contribution in [1.82, 2.24) is 4.90 Å². The van der Waals surface area contributed by atoms with Crippen LogP contribution >= 0.6 is 0 Å². The summed E-state index contributed by atoms with van der Waals surface area (Å²) in [5, 5.41) is 0. The van der Waals surface area contributed by atoms with Crippen LogP contribution in [0.25, 0.3) is 0 Å². The van der Waals surface area contributed by atoms with E-state index < -0.39 is 55.3 Å². The van der Waals surface area contributed by atoms with Gasteiger partial charge in [-0.2, -0.15) is 43.9 Å². The second kappa shape index (κ2) is 15.9. The molecule has 0 bridgehead atoms. The quantitative estimate of drug-likeness (QED) is 0.156. The molecule has 0 aliphatic heterocycles. The molecule has 18 heteroatoms. The predicted molar refractivity (Wildman–Crippen MR) is 109 cm³/mol. The fraction of sp³-hybridized carbons (Fsp3) is 1.00. The molecule has 0 aliphatic rings. The zero-order chi connectivity index (χ0) is 28.0. The first kappa shape index (κ1) is 37.5. The van der Waals surface area contributed by atoms with Gasteiger partial charge >= 0.3 is 29.6 Å². The van der Waals surface area contributed by atoms with Gasteiger partial charge in [-0.3, -0.25) is 4.90 Å². The van der Waals surface area contributed by atoms with E-state index in [4.69, 9.17) is 17.2 Å². The zero-order valence-electron chi connectivity index (χ0n) is 18.7. The van der Waals surface area contributed by atoms with Gasteiger partial charge in [0.25, 0.3) is 0 Å². The summed E-state index contributed by atoms with van der Waals surface area (Å²) in [5.74, 6) is -23.9. The van der Waals surface area contributed by atoms with Gasteiger partial charge in [-0.25, -0.2) is 0 Å². The second-order valence-electron chi connectivity index (χ2n) is 6.92. The number of nitrogens with zero attached hydrogens (tertiary/aromatic N) is 1. The number of nitrogens with two attached hydrogens (primary N) is 7. The van der Waals surface area contributed by atoms with Crippen molar-refractivity contribution in [3.63, 3.8) is 0 Å². The fourth-order valence-corrected chi connectivity index (χ4v) is 1.88. The van der Waals surface area contributed by atoms with E-state index >= 15 is 0 Å². The van der Waals surface area contributed by atoms with Crippen LogP contribution in [0.15, 0.2) is 0 Å². The van der Waals surface area contributed by atoms with Gasteiger partial charge in [-0.1, -0.05) is 0 Å². The maximum absolute atomic E-state index is 12.4. The van der Waals surface area contributed by atoms with Gasteiger partial charge in [-0.05, 0) is 6.92 Å². The summed E-state index contributed by atoms with van der Waals surface area (Å²) in [4.78, 5) is 2.17. The van der Waals surface area contributed by atoms with Gasteiger partial charge in [-0.15, -0.1) is 0 Å². The van der Waals surface area contributed by atoms with Crippen LogP contribution in [0.5, 0.6) is 0 Å². The van der Waals surface area contributed by atoms with E-state index in [9.17, 15) is 43.9 Å². The van der Waals surface area contributed by atoms with Crippen molar-refractivity contribution in [3.05, 3.63) is 0 Å². The summed E-state index contributed by atoms with van der Waals surface area (Å²) < 4.78 is 123. The molecule has 0 spiro atoms. The third-order valence-electron chi connectivity index (χ3n) is 4.08. The lowest BCUT2D eigenvalue weighted by molar-refractivity contribution is -0.301. The number of rotatable bonds is 13. The lowest BCUT2D eigenvalue weighted by Crippen LogP contribution is -2.59. The van der Waals surface area contributed by atoms with Crippen molar-refractivity contribution in [1.29, 1.82) is 0 Å². The molecule has 0 radical (unpaired) electrons. The molecular formula is C16H36F10N8. The molecule has 34 heavy (non-hydrogen) atoms. The van der Waals surface area contributed by atoms with E-state index in [2.05, 4.69) is 27.8 Å². The highest BCUT2D eigenvalue weighted by molar-refractivity contribution is 4.97. The molecule has 0 aliphatic carbocycles. The molecule has 14 N–H and O–H groups in total. The number of hydrogen-bond acceptors (Lipinski definition) is 8. The topological polar surface area (TPSA) is 185 Å². The molecule has 0 amide bonds. The molecule has 0 fully saturated rings. The standard InChI is InChI=1S/C6H18N4.C5H8F6N2.C5H10F4N2/c7-1-4-10(5-2-8)6-3-9;6-3(7,1-12)5(10,11)4(8,9)2-13;1-3(11)5(8,9)4(6,7)2-10/h1-9H2;1-2,12-13H2;3H,2,10-11H2,1H3. The van der Waals surface area contributed by atoms with Gasteiger partial charge in [0, 0.05) is 39.3 Å². The maximum atomic E-state index is 12.4. The Balaban J connectivity index is -0.000000428. The van der Waals surface area contributed by atoms with E-state index in [1.54, 1.807) is 0 Å². The summed E-state index contributed by atoms with van der Waals surface area (Å²) in [7, 11) is 0. The van der Waals surface area contributed by atoms with Crippen molar-refractivity contribution < 1.29 is 43.9 Å². The molecule has 210 valence electrons. The Bertz CT molecular complexity index is 492. The van der Waals surface area contributed by atoms with E-state index in [1.165, 1.54) is 0 Å². The Kier molecular flexibility index (Phi) is 17.5. The molecule has 0 saturated heterocycles. The number of alkyl halides is 10. The lowest BCUT2D eigenvalue weighted by atomic mass is 10.1. The zero-order valence-corrected chi connectivity index (χ0v) is 18.7. The average molecular weight is 531 g/mol. The Hall–Kier alpha value is -1.02. The number of halogens is 10. The SMILES string of the molecule is CC(N)C(F)(F)C(F)(F)CN.NCC(F)(F)C(F)(F)C(F)(F)CN.NCCN(CCN)CCN. The van der Waals surface area contributed by atoms with Gasteiger partial charge in [0.1, 0.15) is 0 Å². The highest BCUT2D eigenvalue weighted by Crippen LogP contribution is 2.44. The minimum absolute atomic E-state index is 0.681. The van der Waals surface area contributed by atoms with Crippen LogP contribution in [0.4, 0.5) is 43.9 Å². The molecule has 0 aromatic heterocycles. The van der Waals surface area contributed by atoms with Crippen LogP contribution in [0.1, 0.15) is 6.92 Å². The Labute approximate surface area is 191 Å². The van der Waals surface area contributed by atoms with Crippen LogP contribution in [0, 0.1) is 0 Å². The highest BCUT2D eigenvalue weighted by atomic mass is 19.3. The normalized spacial score (nSPS) is 14.2. The molecule has 0 saturated carbocycles. The maximum Gasteiger partial charge on any atom is 0.374 e. The Morgan fingerprint density at radius 2 is 0.824 bits per heavy atom. The number of hydrogen-bond donors (Lipinski definition) is 7. The predicted octanol–water partition coefficient (Wildman–Crippen LogP) is -0.463. The van der Waals surface area contributed by atoms with E-state index in [0.29, 0.717) is 19.6 Å². The average Bonchev–Trinajstić information content (AvgIpc) is 2.74. The molecule has 0 rings (SSSR count). The molecule has 1 atom stereocenters. The monoisotopic (exact) mass is 530 g/mol. The Morgan fingerprint density at radius 3 is 0.971 bits per heavy atom. The first-order valence-electron chi connectivity index (χ1n) is 9.80. The van der Waals surface area contributed by atoms with Crippen LogP contribution in [-0.2, 0) is 0 Å². The van der Waals surface area contributed by atoms with Crippen LogP contribution in [0.3, 0.4) is 0 Å². The van der Waals surface area contributed by atoms with Crippen molar-refractivity contribution in [2.75, 3.05) is 58.9 Å². The summed E-state index contributed by atoms with van der Waals surface area (Å²) >= 11 is 0. The van der Waals surface area contributed by atoms with Gasteiger partial charge < -0.3 is 40.1 Å². The van der Waals surface area contributed by atoms with Crippen molar-refractivity contribution in [2.24, 2.45) is 40.1 Å². The van der Waals surface area contributed by atoms with Gasteiger partial charge in [0.2, 0.25) is 0 Å². The highest BCUT2D eigenvalue weighted by Gasteiger charge is 2.70. The lowest BCUT2D eigenvalue weighted by Gasteiger charge is -2.31. The van der Waals surface area contributed by atoms with E-state index in [1.807, 2.05) is 0 Å². The third kappa shape index (κ3) is 11.1. The van der Waals surface area contributed by atoms with Crippen molar-refractivity contribution in [3.8, 4) is 0 Å². The molecular weight excluding hydrogens is 494 g/mol. The van der Waals surface area contributed by atoms with Crippen LogP contribution < -0.4 is 40.1 Å². The fourth-order valence-electron chi connectivity index (χ4n) is 1.88. The molecule has 0 aromatic carbocycles. The van der Waals surface area contributed by atoms with E-state index in [-0.39, 0.29) is 0 Å². The van der Waals surface area contributed by atoms with Crippen LogP contribution in [-0.4, -0.2) is 99.5 Å². The smallest absolute Gasteiger partial charge is 0.329 e.